The molecular weight excluding hydrogens is 416 g/mol. The van der Waals surface area contributed by atoms with Gasteiger partial charge < -0.3 is 10.6 Å². The molecule has 2 atom stereocenters. The molecule has 1 fully saturated rings. The van der Waals surface area contributed by atoms with Crippen molar-refractivity contribution in [2.75, 3.05) is 10.6 Å². The van der Waals surface area contributed by atoms with Crippen molar-refractivity contribution in [3.05, 3.63) is 51.6 Å². The van der Waals surface area contributed by atoms with Gasteiger partial charge in [-0.15, -0.1) is 0 Å². The number of benzene rings is 1. The lowest BCUT2D eigenvalue weighted by atomic mass is 10.0. The average Bonchev–Trinajstić information content (AvgIpc) is 3.36. The van der Waals surface area contributed by atoms with Crippen LogP contribution in [0.15, 0.2) is 30.5 Å². The summed E-state index contributed by atoms with van der Waals surface area (Å²) in [6.07, 6.45) is 2.39. The van der Waals surface area contributed by atoms with Crippen LogP contribution < -0.4 is 10.6 Å². The topological polar surface area (TPSA) is 71.1 Å². The first-order valence-corrected chi connectivity index (χ1v) is 10.2. The third-order valence-corrected chi connectivity index (χ3v) is 5.25. The smallest absolute Gasteiger partial charge is 0.258 e. The van der Waals surface area contributed by atoms with Crippen molar-refractivity contribution in [1.29, 1.82) is 0 Å². The number of nitrogens with one attached hydrogen (secondary N) is 2. The SMILES string of the molecule is CC(C)CCc1cc(Cl)c(C(=O)Nc2ccnc(NC(=O)[C@@H]3C[C@@H]3F)c2)c(Cl)c1. The van der Waals surface area contributed by atoms with E-state index in [1.54, 1.807) is 18.2 Å². The molecule has 8 heteroatoms. The highest BCUT2D eigenvalue weighted by Crippen LogP contribution is 2.34. The number of pyridine rings is 1. The molecule has 29 heavy (non-hydrogen) atoms. The first-order valence-electron chi connectivity index (χ1n) is 9.45. The van der Waals surface area contributed by atoms with Gasteiger partial charge >= 0.3 is 0 Å². The van der Waals surface area contributed by atoms with Crippen molar-refractivity contribution < 1.29 is 14.0 Å². The van der Waals surface area contributed by atoms with E-state index in [9.17, 15) is 14.0 Å². The molecule has 1 aromatic carbocycles. The molecule has 2 N–H and O–H groups in total. The number of nitrogens with zero attached hydrogens (tertiary/aromatic N) is 1. The summed E-state index contributed by atoms with van der Waals surface area (Å²) in [5, 5.41) is 5.80. The molecule has 1 heterocycles. The van der Waals surface area contributed by atoms with Crippen LogP contribution in [0.3, 0.4) is 0 Å². The van der Waals surface area contributed by atoms with Crippen LogP contribution in [0.1, 0.15) is 42.6 Å². The van der Waals surface area contributed by atoms with Crippen molar-refractivity contribution in [1.82, 2.24) is 4.98 Å². The van der Waals surface area contributed by atoms with Crippen LogP contribution in [-0.4, -0.2) is 23.0 Å². The Labute approximate surface area is 179 Å². The molecule has 0 saturated heterocycles. The Morgan fingerprint density at radius 1 is 1.21 bits per heavy atom. The Morgan fingerprint density at radius 3 is 2.45 bits per heavy atom. The van der Waals surface area contributed by atoms with Gasteiger partial charge in [0.2, 0.25) is 5.91 Å². The average molecular weight is 438 g/mol. The van der Waals surface area contributed by atoms with Crippen LogP contribution in [0.5, 0.6) is 0 Å². The van der Waals surface area contributed by atoms with Crippen LogP contribution in [0.25, 0.3) is 0 Å². The fraction of sp³-hybridized carbons (Fsp3) is 0.381. The molecule has 1 aliphatic carbocycles. The third-order valence-electron chi connectivity index (χ3n) is 4.66. The zero-order chi connectivity index (χ0) is 21.1. The molecule has 154 valence electrons. The standard InChI is InChI=1S/C21H22Cl2FN3O2/c1-11(2)3-4-12-7-15(22)19(16(23)8-12)21(29)26-13-5-6-25-18(9-13)27-20(28)14-10-17(14)24/h5-9,11,14,17H,3-4,10H2,1-2H3,(H2,25,26,27,28,29)/t14-,17+/m1/s1. The van der Waals surface area contributed by atoms with Gasteiger partial charge in [0, 0.05) is 18.0 Å². The second-order valence-electron chi connectivity index (χ2n) is 7.60. The van der Waals surface area contributed by atoms with Gasteiger partial charge in [0.25, 0.3) is 5.91 Å². The van der Waals surface area contributed by atoms with Crippen molar-refractivity contribution in [2.24, 2.45) is 11.8 Å². The maximum atomic E-state index is 13.0. The lowest BCUT2D eigenvalue weighted by molar-refractivity contribution is -0.117. The van der Waals surface area contributed by atoms with E-state index in [0.29, 0.717) is 11.6 Å². The molecule has 1 aromatic heterocycles. The van der Waals surface area contributed by atoms with Crippen LogP contribution >= 0.6 is 23.2 Å². The molecule has 2 amide bonds. The Kier molecular flexibility index (Phi) is 6.75. The van der Waals surface area contributed by atoms with E-state index in [1.807, 2.05) is 0 Å². The molecule has 1 aliphatic rings. The molecular formula is C21H22Cl2FN3O2. The van der Waals surface area contributed by atoms with Crippen LogP contribution in [0.4, 0.5) is 15.9 Å². The van der Waals surface area contributed by atoms with E-state index in [0.717, 1.165) is 18.4 Å². The van der Waals surface area contributed by atoms with E-state index in [-0.39, 0.29) is 27.8 Å². The summed E-state index contributed by atoms with van der Waals surface area (Å²) in [5.41, 5.74) is 1.57. The van der Waals surface area contributed by atoms with Gasteiger partial charge in [0.1, 0.15) is 12.0 Å². The minimum atomic E-state index is -1.09. The van der Waals surface area contributed by atoms with Crippen LogP contribution in [-0.2, 0) is 11.2 Å². The number of carbonyl (C=O) groups is 2. The van der Waals surface area contributed by atoms with Crippen molar-refractivity contribution >= 4 is 46.5 Å². The van der Waals surface area contributed by atoms with Crippen LogP contribution in [0.2, 0.25) is 10.0 Å². The molecule has 0 aliphatic heterocycles. The predicted molar refractivity (Wildman–Crippen MR) is 113 cm³/mol. The third kappa shape index (κ3) is 5.67. The molecule has 3 rings (SSSR count). The number of alkyl halides is 1. The van der Waals surface area contributed by atoms with Gasteiger partial charge in [0.15, 0.2) is 0 Å². The zero-order valence-corrected chi connectivity index (χ0v) is 17.6. The highest BCUT2D eigenvalue weighted by molar-refractivity contribution is 6.40. The number of anilines is 2. The summed E-state index contributed by atoms with van der Waals surface area (Å²) in [6.45, 7) is 4.27. The van der Waals surface area contributed by atoms with Crippen molar-refractivity contribution in [3.8, 4) is 0 Å². The number of aryl methyl sites for hydroxylation is 1. The molecule has 1 saturated carbocycles. The summed E-state index contributed by atoms with van der Waals surface area (Å²) in [7, 11) is 0. The van der Waals surface area contributed by atoms with Crippen molar-refractivity contribution in [3.63, 3.8) is 0 Å². The molecule has 5 nitrogen and oxygen atoms in total. The molecule has 0 bridgehead atoms. The summed E-state index contributed by atoms with van der Waals surface area (Å²) in [6, 6.07) is 6.57. The van der Waals surface area contributed by atoms with E-state index >= 15 is 0 Å². The zero-order valence-electron chi connectivity index (χ0n) is 16.1. The summed E-state index contributed by atoms with van der Waals surface area (Å²) < 4.78 is 13.0. The molecule has 0 spiro atoms. The number of amides is 2. The maximum Gasteiger partial charge on any atom is 0.258 e. The monoisotopic (exact) mass is 437 g/mol. The summed E-state index contributed by atoms with van der Waals surface area (Å²) in [4.78, 5) is 28.6. The number of hydrogen-bond acceptors (Lipinski definition) is 3. The van der Waals surface area contributed by atoms with Gasteiger partial charge in [-0.05, 0) is 48.9 Å². The van der Waals surface area contributed by atoms with Gasteiger partial charge in [-0.2, -0.15) is 0 Å². The second-order valence-corrected chi connectivity index (χ2v) is 8.41. The second kappa shape index (κ2) is 9.09. The van der Waals surface area contributed by atoms with Crippen molar-refractivity contribution in [2.45, 2.75) is 39.3 Å². The number of halogens is 3. The van der Waals surface area contributed by atoms with E-state index in [4.69, 9.17) is 23.2 Å². The van der Waals surface area contributed by atoms with E-state index in [1.165, 1.54) is 12.3 Å². The Hall–Kier alpha value is -2.18. The lowest BCUT2D eigenvalue weighted by Gasteiger charge is -2.12. The Morgan fingerprint density at radius 2 is 1.86 bits per heavy atom. The first-order chi connectivity index (χ1) is 13.7. The number of aromatic nitrogens is 1. The Balaban J connectivity index is 1.70. The molecule has 0 unspecified atom stereocenters. The quantitative estimate of drug-likeness (QED) is 0.598. The normalized spacial score (nSPS) is 17.9. The number of hydrogen-bond donors (Lipinski definition) is 2. The van der Waals surface area contributed by atoms with E-state index in [2.05, 4.69) is 29.5 Å². The van der Waals surface area contributed by atoms with Gasteiger partial charge in [-0.1, -0.05) is 37.0 Å². The fourth-order valence-electron chi connectivity index (χ4n) is 2.87. The number of carbonyl (C=O) groups excluding carboxylic acids is 2. The highest BCUT2D eigenvalue weighted by Gasteiger charge is 2.43. The van der Waals surface area contributed by atoms with Gasteiger partial charge in [-0.3, -0.25) is 9.59 Å². The minimum absolute atomic E-state index is 0.183. The summed E-state index contributed by atoms with van der Waals surface area (Å²) >= 11 is 12.6. The van der Waals surface area contributed by atoms with E-state index < -0.39 is 23.9 Å². The molecule has 2 aromatic rings. The van der Waals surface area contributed by atoms with Gasteiger partial charge in [0.05, 0.1) is 21.5 Å². The minimum Gasteiger partial charge on any atom is -0.322 e. The summed E-state index contributed by atoms with van der Waals surface area (Å²) in [5.74, 6) is -0.732. The van der Waals surface area contributed by atoms with Crippen LogP contribution in [0, 0.1) is 11.8 Å². The number of rotatable bonds is 7. The van der Waals surface area contributed by atoms with Gasteiger partial charge in [-0.25, -0.2) is 9.37 Å². The molecule has 0 radical (unpaired) electrons. The highest BCUT2D eigenvalue weighted by atomic mass is 35.5. The Bertz CT molecular complexity index is 913. The first kappa shape index (κ1) is 21.5. The predicted octanol–water partition coefficient (Wildman–Crippen LogP) is 5.53. The maximum absolute atomic E-state index is 13.0. The lowest BCUT2D eigenvalue weighted by Crippen LogP contribution is -2.17. The fourth-order valence-corrected chi connectivity index (χ4v) is 3.57. The largest absolute Gasteiger partial charge is 0.322 e.